The van der Waals surface area contributed by atoms with Crippen molar-refractivity contribution in [3.8, 4) is 0 Å². The summed E-state index contributed by atoms with van der Waals surface area (Å²) in [5.74, 6) is -0.993. The molecule has 6 nitrogen and oxygen atoms in total. The van der Waals surface area contributed by atoms with Crippen molar-refractivity contribution in [2.24, 2.45) is 23.2 Å². The number of carbonyl (C=O) groups is 3. The summed E-state index contributed by atoms with van der Waals surface area (Å²) >= 11 is 0. The zero-order valence-corrected chi connectivity index (χ0v) is 20.8. The summed E-state index contributed by atoms with van der Waals surface area (Å²) in [6.07, 6.45) is 4.98. The van der Waals surface area contributed by atoms with Gasteiger partial charge in [0.05, 0.1) is 12.3 Å². The van der Waals surface area contributed by atoms with E-state index >= 15 is 0 Å². The van der Waals surface area contributed by atoms with Crippen LogP contribution in [0.1, 0.15) is 93.4 Å². The summed E-state index contributed by atoms with van der Waals surface area (Å²) in [4.78, 5) is 38.8. The van der Waals surface area contributed by atoms with Crippen LogP contribution < -0.4 is 0 Å². The van der Waals surface area contributed by atoms with Gasteiger partial charge < -0.3 is 14.2 Å². The van der Waals surface area contributed by atoms with Gasteiger partial charge in [-0.1, -0.05) is 6.58 Å². The highest BCUT2D eigenvalue weighted by atomic mass is 16.6. The highest BCUT2D eigenvalue weighted by Crippen LogP contribution is 2.66. The van der Waals surface area contributed by atoms with Gasteiger partial charge in [0, 0.05) is 5.57 Å². The molecule has 4 rings (SSSR count). The predicted octanol–water partition coefficient (Wildman–Crippen LogP) is 5.13. The molecule has 3 atom stereocenters. The molecule has 6 heteroatoms. The van der Waals surface area contributed by atoms with Gasteiger partial charge in [-0.25, -0.2) is 4.79 Å². The molecule has 0 spiro atoms. The lowest BCUT2D eigenvalue weighted by atomic mass is 9.44. The summed E-state index contributed by atoms with van der Waals surface area (Å²) in [6.45, 7) is 16.4. The molecule has 0 aromatic heterocycles. The first-order valence-corrected chi connectivity index (χ1v) is 11.9. The third kappa shape index (κ3) is 5.55. The molecular formula is C26H40O6. The first-order chi connectivity index (χ1) is 14.5. The summed E-state index contributed by atoms with van der Waals surface area (Å²) in [6, 6.07) is 0. The van der Waals surface area contributed by atoms with Crippen LogP contribution in [0.2, 0.25) is 0 Å². The number of rotatable bonds is 6. The smallest absolute Gasteiger partial charge is 0.333 e. The minimum Gasteiger partial charge on any atom is -0.460 e. The Balaban J connectivity index is 1.93. The van der Waals surface area contributed by atoms with E-state index in [0.717, 1.165) is 32.1 Å². The van der Waals surface area contributed by atoms with Crippen molar-refractivity contribution < 1.29 is 28.6 Å². The molecule has 180 valence electrons. The molecule has 4 aliphatic carbocycles. The predicted molar refractivity (Wildman–Crippen MR) is 121 cm³/mol. The number of hydrogen-bond donors (Lipinski definition) is 0. The van der Waals surface area contributed by atoms with Gasteiger partial charge in [0.25, 0.3) is 0 Å². The van der Waals surface area contributed by atoms with E-state index in [1.54, 1.807) is 6.92 Å². The van der Waals surface area contributed by atoms with Gasteiger partial charge in [0.1, 0.15) is 16.8 Å². The topological polar surface area (TPSA) is 78.9 Å². The van der Waals surface area contributed by atoms with E-state index in [1.165, 1.54) is 0 Å². The van der Waals surface area contributed by atoms with Gasteiger partial charge in [-0.05, 0) is 104 Å². The highest BCUT2D eigenvalue weighted by molar-refractivity contribution is 5.87. The molecule has 3 unspecified atom stereocenters. The van der Waals surface area contributed by atoms with E-state index in [1.807, 2.05) is 41.5 Å². The number of ether oxygens (including phenoxy) is 3. The minimum absolute atomic E-state index is 0.0177. The SMILES string of the molecule is C=C(C)C(=O)OC12CC3CC(C1)CC(C(CC(=O)OC(C)(C)C)C(=O)OC(C)(C)C)(C3)C2. The van der Waals surface area contributed by atoms with Crippen LogP contribution in [0.4, 0.5) is 0 Å². The normalized spacial score (nSPS) is 32.2. The molecule has 0 aromatic rings. The number of esters is 3. The van der Waals surface area contributed by atoms with Crippen LogP contribution in [0, 0.1) is 23.2 Å². The van der Waals surface area contributed by atoms with E-state index < -0.39 is 34.1 Å². The van der Waals surface area contributed by atoms with Gasteiger partial charge in [0.2, 0.25) is 0 Å². The first kappa shape index (κ1) is 24.8. The second-order valence-corrected chi connectivity index (χ2v) is 12.6. The molecule has 0 N–H and O–H groups in total. The molecule has 4 bridgehead atoms. The fourth-order valence-electron chi connectivity index (χ4n) is 6.53. The average molecular weight is 449 g/mol. The van der Waals surface area contributed by atoms with Crippen molar-refractivity contribution in [1.29, 1.82) is 0 Å². The monoisotopic (exact) mass is 448 g/mol. The molecule has 0 aliphatic heterocycles. The van der Waals surface area contributed by atoms with Gasteiger partial charge >= 0.3 is 17.9 Å². The van der Waals surface area contributed by atoms with Crippen molar-refractivity contribution in [3.05, 3.63) is 12.2 Å². The Labute approximate surface area is 192 Å². The lowest BCUT2D eigenvalue weighted by Crippen LogP contribution is -2.61. The van der Waals surface area contributed by atoms with Crippen LogP contribution >= 0.6 is 0 Å². The highest BCUT2D eigenvalue weighted by Gasteiger charge is 2.63. The Morgan fingerprint density at radius 3 is 1.94 bits per heavy atom. The van der Waals surface area contributed by atoms with Crippen LogP contribution in [0.3, 0.4) is 0 Å². The van der Waals surface area contributed by atoms with Crippen LogP contribution in [0.25, 0.3) is 0 Å². The van der Waals surface area contributed by atoms with E-state index in [2.05, 4.69) is 6.58 Å². The first-order valence-electron chi connectivity index (χ1n) is 11.9. The van der Waals surface area contributed by atoms with Gasteiger partial charge in [-0.2, -0.15) is 0 Å². The third-order valence-corrected chi connectivity index (χ3v) is 6.93. The molecule has 0 heterocycles. The molecule has 0 radical (unpaired) electrons. The Morgan fingerprint density at radius 1 is 0.938 bits per heavy atom. The Kier molecular flexibility index (Phi) is 6.33. The average Bonchev–Trinajstić information content (AvgIpc) is 2.54. The second-order valence-electron chi connectivity index (χ2n) is 12.6. The summed E-state index contributed by atoms with van der Waals surface area (Å²) in [5.41, 5.74) is -1.93. The van der Waals surface area contributed by atoms with Crippen LogP contribution in [0.5, 0.6) is 0 Å². The third-order valence-electron chi connectivity index (χ3n) is 6.93. The Bertz CT molecular complexity index is 782. The van der Waals surface area contributed by atoms with E-state index in [4.69, 9.17) is 14.2 Å². The number of hydrogen-bond acceptors (Lipinski definition) is 6. The molecule has 0 amide bonds. The Morgan fingerprint density at radius 2 is 1.47 bits per heavy atom. The standard InChI is InChI=1S/C26H40O6/c1-16(2)21(28)32-26-13-17-9-18(14-26)12-25(11-17,15-26)19(22(29)31-24(6,7)8)10-20(27)30-23(3,4)5/h17-19H,1,9-15H2,2-8H3. The van der Waals surface area contributed by atoms with Crippen molar-refractivity contribution in [2.75, 3.05) is 0 Å². The van der Waals surface area contributed by atoms with E-state index in [9.17, 15) is 14.4 Å². The van der Waals surface area contributed by atoms with E-state index in [0.29, 0.717) is 23.8 Å². The summed E-state index contributed by atoms with van der Waals surface area (Å²) in [7, 11) is 0. The quantitative estimate of drug-likeness (QED) is 0.318. The molecule has 0 saturated heterocycles. The Hall–Kier alpha value is -1.85. The molecule has 4 saturated carbocycles. The second kappa shape index (κ2) is 8.18. The summed E-state index contributed by atoms with van der Waals surface area (Å²) in [5, 5.41) is 0. The van der Waals surface area contributed by atoms with Crippen molar-refractivity contribution in [2.45, 2.75) is 110 Å². The van der Waals surface area contributed by atoms with Gasteiger partial charge in [-0.3, -0.25) is 9.59 Å². The molecule has 32 heavy (non-hydrogen) atoms. The lowest BCUT2D eigenvalue weighted by Gasteiger charge is -2.62. The number of carbonyl (C=O) groups excluding carboxylic acids is 3. The van der Waals surface area contributed by atoms with Crippen molar-refractivity contribution in [1.82, 2.24) is 0 Å². The summed E-state index contributed by atoms with van der Waals surface area (Å²) < 4.78 is 17.4. The maximum Gasteiger partial charge on any atom is 0.333 e. The molecule has 4 fully saturated rings. The van der Waals surface area contributed by atoms with Crippen molar-refractivity contribution >= 4 is 17.9 Å². The van der Waals surface area contributed by atoms with Crippen LogP contribution in [-0.2, 0) is 28.6 Å². The molecular weight excluding hydrogens is 408 g/mol. The van der Waals surface area contributed by atoms with Crippen molar-refractivity contribution in [3.63, 3.8) is 0 Å². The maximum atomic E-state index is 13.5. The van der Waals surface area contributed by atoms with Crippen LogP contribution in [-0.4, -0.2) is 34.7 Å². The fourth-order valence-corrected chi connectivity index (χ4v) is 6.53. The maximum absolute atomic E-state index is 13.5. The molecule has 4 aliphatic rings. The van der Waals surface area contributed by atoms with Gasteiger partial charge in [-0.15, -0.1) is 0 Å². The van der Waals surface area contributed by atoms with E-state index in [-0.39, 0.29) is 18.4 Å². The minimum atomic E-state index is -0.657. The lowest BCUT2D eigenvalue weighted by molar-refractivity contribution is -0.215. The fraction of sp³-hybridized carbons (Fsp3) is 0.808. The van der Waals surface area contributed by atoms with Crippen LogP contribution in [0.15, 0.2) is 12.2 Å². The zero-order valence-electron chi connectivity index (χ0n) is 20.8. The largest absolute Gasteiger partial charge is 0.460 e. The molecule has 0 aromatic carbocycles. The van der Waals surface area contributed by atoms with Gasteiger partial charge in [0.15, 0.2) is 0 Å². The zero-order chi connectivity index (χ0) is 24.1.